The van der Waals surface area contributed by atoms with Gasteiger partial charge in [-0.1, -0.05) is 66.5 Å². The van der Waals surface area contributed by atoms with Crippen LogP contribution in [-0.4, -0.2) is 56.7 Å². The van der Waals surface area contributed by atoms with Gasteiger partial charge in [0.25, 0.3) is 5.91 Å². The summed E-state index contributed by atoms with van der Waals surface area (Å²) in [5.41, 5.74) is 1.02. The molecule has 1 aliphatic rings. The Labute approximate surface area is 183 Å². The number of hydrogen-bond acceptors (Lipinski definition) is 6. The molecule has 1 unspecified atom stereocenters. The van der Waals surface area contributed by atoms with E-state index in [4.69, 9.17) is 12.2 Å². The van der Waals surface area contributed by atoms with Gasteiger partial charge in [0.05, 0.1) is 4.91 Å². The molecule has 2 amide bonds. The predicted octanol–water partition coefficient (Wildman–Crippen LogP) is 3.16. The first-order chi connectivity index (χ1) is 13.9. The summed E-state index contributed by atoms with van der Waals surface area (Å²) in [6.45, 7) is 0.116. The maximum absolute atomic E-state index is 12.5. The number of aliphatic carboxylic acids is 1. The molecule has 2 rings (SSSR count). The van der Waals surface area contributed by atoms with Crippen LogP contribution in [0.5, 0.6) is 0 Å². The van der Waals surface area contributed by atoms with Gasteiger partial charge >= 0.3 is 5.97 Å². The number of carboxylic acids is 1. The van der Waals surface area contributed by atoms with E-state index in [0.717, 1.165) is 5.56 Å². The highest BCUT2D eigenvalue weighted by Crippen LogP contribution is 2.31. The third kappa shape index (κ3) is 7.34. The molecular weight excluding hydrogens is 428 g/mol. The van der Waals surface area contributed by atoms with Gasteiger partial charge < -0.3 is 10.4 Å². The quantitative estimate of drug-likeness (QED) is 0.418. The Bertz CT molecular complexity index is 824. The Kier molecular flexibility index (Phi) is 9.43. The van der Waals surface area contributed by atoms with Crippen molar-refractivity contribution in [2.45, 2.75) is 18.9 Å². The summed E-state index contributed by atoms with van der Waals surface area (Å²) in [5, 5.41) is 11.7. The van der Waals surface area contributed by atoms with Crippen molar-refractivity contribution in [1.82, 2.24) is 10.2 Å². The van der Waals surface area contributed by atoms with E-state index in [-0.39, 0.29) is 18.9 Å². The monoisotopic (exact) mass is 450 g/mol. The van der Waals surface area contributed by atoms with Crippen LogP contribution in [0.2, 0.25) is 0 Å². The lowest BCUT2D eigenvalue weighted by atomic mass is 10.2. The molecule has 6 nitrogen and oxygen atoms in total. The molecule has 154 valence electrons. The van der Waals surface area contributed by atoms with Crippen molar-refractivity contribution in [3.05, 3.63) is 53.0 Å². The van der Waals surface area contributed by atoms with Gasteiger partial charge in [0.1, 0.15) is 10.4 Å². The molecule has 0 aromatic heterocycles. The van der Waals surface area contributed by atoms with Crippen LogP contribution >= 0.6 is 35.7 Å². The summed E-state index contributed by atoms with van der Waals surface area (Å²) in [7, 11) is 0. The highest BCUT2D eigenvalue weighted by Gasteiger charge is 2.32. The van der Waals surface area contributed by atoms with Crippen molar-refractivity contribution in [1.29, 1.82) is 0 Å². The Hall–Kier alpha value is -2.10. The van der Waals surface area contributed by atoms with E-state index >= 15 is 0 Å². The van der Waals surface area contributed by atoms with Crippen LogP contribution in [0.4, 0.5) is 0 Å². The Morgan fingerprint density at radius 3 is 2.72 bits per heavy atom. The first kappa shape index (κ1) is 23.2. The molecule has 0 aliphatic carbocycles. The molecule has 0 spiro atoms. The number of thioether (sulfide) groups is 2. The van der Waals surface area contributed by atoms with E-state index in [2.05, 4.69) is 5.32 Å². The van der Waals surface area contributed by atoms with Crippen molar-refractivity contribution in [3.8, 4) is 0 Å². The van der Waals surface area contributed by atoms with Crippen LogP contribution in [0.1, 0.15) is 18.4 Å². The number of carboxylic acid groups (broad SMARTS) is 1. The normalized spacial score (nSPS) is 16.6. The fraction of sp³-hybridized carbons (Fsp3) is 0.300. The number of amides is 2. The molecule has 1 heterocycles. The zero-order valence-electron chi connectivity index (χ0n) is 15.9. The Morgan fingerprint density at radius 1 is 1.34 bits per heavy atom. The van der Waals surface area contributed by atoms with Gasteiger partial charge in [-0.2, -0.15) is 11.8 Å². The van der Waals surface area contributed by atoms with Crippen LogP contribution in [-0.2, 0) is 14.4 Å². The molecule has 1 saturated heterocycles. The molecule has 0 radical (unpaired) electrons. The minimum atomic E-state index is -1.06. The zero-order valence-corrected chi connectivity index (χ0v) is 18.3. The number of nitrogens with one attached hydrogen (secondary N) is 1. The number of allylic oxidation sites excluding steroid dienone is 2. The topological polar surface area (TPSA) is 86.7 Å². The van der Waals surface area contributed by atoms with Crippen LogP contribution in [0.3, 0.4) is 0 Å². The van der Waals surface area contributed by atoms with Crippen LogP contribution in [0.25, 0.3) is 6.08 Å². The van der Waals surface area contributed by atoms with E-state index < -0.39 is 17.9 Å². The van der Waals surface area contributed by atoms with E-state index in [1.165, 1.54) is 28.4 Å². The lowest BCUT2D eigenvalue weighted by molar-refractivity contribution is -0.142. The van der Waals surface area contributed by atoms with Gasteiger partial charge in [-0.05, 0) is 30.1 Å². The summed E-state index contributed by atoms with van der Waals surface area (Å²) >= 11 is 7.95. The number of carbonyl (C=O) groups excluding carboxylic acids is 2. The third-order valence-corrected chi connectivity index (χ3v) is 6.06. The standard InChI is InChI=1S/C20H22N2O4S3/c1-28-13-11-15(19(25)26)21-17(23)10-12-22-18(24)16(29-20(22)27)9-5-8-14-6-3-2-4-7-14/h2-9,15H,10-13H2,1H3,(H,21,23)(H,25,26). The SMILES string of the molecule is CSCCC(NC(=O)CCN1C(=O)C(=CC=Cc2ccccc2)SC1=S)C(=O)O. The van der Waals surface area contributed by atoms with Crippen LogP contribution < -0.4 is 5.32 Å². The molecule has 1 fully saturated rings. The molecule has 9 heteroatoms. The van der Waals surface area contributed by atoms with Gasteiger partial charge in [0.2, 0.25) is 5.91 Å². The van der Waals surface area contributed by atoms with E-state index in [9.17, 15) is 19.5 Å². The zero-order chi connectivity index (χ0) is 21.2. The number of hydrogen-bond donors (Lipinski definition) is 2. The number of nitrogens with zero attached hydrogens (tertiary/aromatic N) is 1. The lowest BCUT2D eigenvalue weighted by Crippen LogP contribution is -2.42. The summed E-state index contributed by atoms with van der Waals surface area (Å²) in [4.78, 5) is 37.7. The van der Waals surface area contributed by atoms with Crippen molar-refractivity contribution in [2.75, 3.05) is 18.6 Å². The molecule has 1 aromatic rings. The average Bonchev–Trinajstić information content (AvgIpc) is 2.97. The molecular formula is C20H22N2O4S3. The fourth-order valence-corrected chi connectivity index (χ4v) is 4.22. The maximum atomic E-state index is 12.5. The maximum Gasteiger partial charge on any atom is 0.326 e. The van der Waals surface area contributed by atoms with E-state index in [0.29, 0.717) is 21.4 Å². The van der Waals surface area contributed by atoms with Gasteiger partial charge in [-0.25, -0.2) is 4.79 Å². The van der Waals surface area contributed by atoms with Crippen molar-refractivity contribution >= 4 is 63.9 Å². The van der Waals surface area contributed by atoms with Gasteiger partial charge in [-0.3, -0.25) is 14.5 Å². The van der Waals surface area contributed by atoms with Crippen molar-refractivity contribution in [2.24, 2.45) is 0 Å². The second kappa shape index (κ2) is 11.8. The lowest BCUT2D eigenvalue weighted by Gasteiger charge is -2.17. The average molecular weight is 451 g/mol. The van der Waals surface area contributed by atoms with Crippen molar-refractivity contribution < 1.29 is 19.5 Å². The van der Waals surface area contributed by atoms with Gasteiger partial charge in [0, 0.05) is 13.0 Å². The van der Waals surface area contributed by atoms with E-state index in [1.807, 2.05) is 42.7 Å². The van der Waals surface area contributed by atoms with Gasteiger partial charge in [-0.15, -0.1) is 0 Å². The second-order valence-corrected chi connectivity index (χ2v) is 8.78. The predicted molar refractivity (Wildman–Crippen MR) is 123 cm³/mol. The summed E-state index contributed by atoms with van der Waals surface area (Å²) in [5.74, 6) is -1.10. The van der Waals surface area contributed by atoms with Crippen LogP contribution in [0.15, 0.2) is 47.4 Å². The Morgan fingerprint density at radius 2 is 2.07 bits per heavy atom. The molecule has 1 atom stereocenters. The highest BCUT2D eigenvalue weighted by molar-refractivity contribution is 8.26. The second-order valence-electron chi connectivity index (χ2n) is 6.12. The first-order valence-electron chi connectivity index (χ1n) is 8.90. The van der Waals surface area contributed by atoms with E-state index in [1.54, 1.807) is 12.2 Å². The highest BCUT2D eigenvalue weighted by atomic mass is 32.2. The minimum absolute atomic E-state index is 0.0113. The summed E-state index contributed by atoms with van der Waals surface area (Å²) < 4.78 is 0.388. The fourth-order valence-electron chi connectivity index (χ4n) is 2.49. The summed E-state index contributed by atoms with van der Waals surface area (Å²) in [6.07, 6.45) is 7.59. The molecule has 0 bridgehead atoms. The minimum Gasteiger partial charge on any atom is -0.480 e. The Balaban J connectivity index is 1.89. The smallest absolute Gasteiger partial charge is 0.326 e. The molecule has 29 heavy (non-hydrogen) atoms. The number of benzene rings is 1. The third-order valence-electron chi connectivity index (χ3n) is 4.02. The van der Waals surface area contributed by atoms with Gasteiger partial charge in [0.15, 0.2) is 0 Å². The number of carbonyl (C=O) groups is 3. The molecule has 1 aromatic carbocycles. The molecule has 0 saturated carbocycles. The first-order valence-corrected chi connectivity index (χ1v) is 11.5. The van der Waals surface area contributed by atoms with Crippen molar-refractivity contribution in [3.63, 3.8) is 0 Å². The van der Waals surface area contributed by atoms with Crippen LogP contribution in [0, 0.1) is 0 Å². The number of rotatable bonds is 10. The largest absolute Gasteiger partial charge is 0.480 e. The molecule has 1 aliphatic heterocycles. The summed E-state index contributed by atoms with van der Waals surface area (Å²) in [6, 6.07) is 8.78. The number of thiocarbonyl (C=S) groups is 1. The molecule has 2 N–H and O–H groups in total.